The van der Waals surface area contributed by atoms with Crippen LogP contribution in [0.2, 0.25) is 0 Å². The quantitative estimate of drug-likeness (QED) is 0.291. The van der Waals surface area contributed by atoms with Gasteiger partial charge < -0.3 is 6.92 Å². The summed E-state index contributed by atoms with van der Waals surface area (Å²) in [7, 11) is 0. The fourth-order valence-electron chi connectivity index (χ4n) is 0. The van der Waals surface area contributed by atoms with Crippen molar-refractivity contribution >= 4 is 0 Å². The van der Waals surface area contributed by atoms with Crippen molar-refractivity contribution in [2.24, 2.45) is 0 Å². The fraction of sp³-hybridized carbons (Fsp3) is 0.667. The number of hydrogen-bond acceptors (Lipinski definition) is 0. The van der Waals surface area contributed by atoms with Crippen LogP contribution >= 0.6 is 0 Å². The van der Waals surface area contributed by atoms with E-state index in [4.69, 9.17) is 0 Å². The van der Waals surface area contributed by atoms with Crippen LogP contribution in [0.3, 0.4) is 0 Å². The summed E-state index contributed by atoms with van der Waals surface area (Å²) in [5, 5.41) is 0. The monoisotopic (exact) mass is 142 g/mol. The Hall–Kier alpha value is 1.43. The molecule has 0 amide bonds. The van der Waals surface area contributed by atoms with E-state index in [0.29, 0.717) is 0 Å². The summed E-state index contributed by atoms with van der Waals surface area (Å²) in [6.07, 6.45) is 1.00. The van der Waals surface area contributed by atoms with Gasteiger partial charge in [-0.25, -0.2) is 0 Å². The van der Waals surface area contributed by atoms with Crippen molar-refractivity contribution in [2.75, 3.05) is 0 Å². The second-order valence-electron chi connectivity index (χ2n) is 0.500. The predicted molar refractivity (Wildman–Crippen MR) is 23.2 cm³/mol. The molecule has 0 saturated carbocycles. The van der Waals surface area contributed by atoms with Gasteiger partial charge in [-0.05, 0) is 0 Å². The van der Waals surface area contributed by atoms with Gasteiger partial charge >= 0.3 is 51.4 Å². The Morgan fingerprint density at radius 2 is 1.14 bits per heavy atom. The van der Waals surface area contributed by atoms with E-state index in [2.05, 4.69) is 6.92 Å². The van der Waals surface area contributed by atoms with Gasteiger partial charge in [0, 0.05) is 0 Å². The summed E-state index contributed by atoms with van der Waals surface area (Å²) in [4.78, 5) is 0. The van der Waals surface area contributed by atoms with E-state index in [9.17, 15) is 0 Å². The molecule has 4 heteroatoms. The minimum absolute atomic E-state index is 0. The van der Waals surface area contributed by atoms with Crippen LogP contribution in [0.1, 0.15) is 13.3 Å². The smallest absolute Gasteiger partial charge is 0.344 e. The molecule has 0 heterocycles. The molecule has 7 heavy (non-hydrogen) atoms. The molecule has 0 unspecified atom stereocenters. The third kappa shape index (κ3) is 107. The molecule has 0 saturated heterocycles. The van der Waals surface area contributed by atoms with E-state index in [1.54, 1.807) is 0 Å². The third-order valence-electron chi connectivity index (χ3n) is 0. The minimum atomic E-state index is 0. The molecular weight excluding hydrogens is 132 g/mol. The SMILES string of the molecule is F.F.F.[CH2-]CC.[K+]. The Morgan fingerprint density at radius 3 is 1.14 bits per heavy atom. The largest absolute Gasteiger partial charge is 1.00 e. The van der Waals surface area contributed by atoms with Crippen LogP contribution in [0.5, 0.6) is 0 Å². The molecule has 0 atom stereocenters. The number of halogens is 3. The molecule has 0 fully saturated rings. The van der Waals surface area contributed by atoms with Gasteiger partial charge in [0.25, 0.3) is 0 Å². The molecule has 0 rings (SSSR count). The van der Waals surface area contributed by atoms with Gasteiger partial charge in [0.15, 0.2) is 0 Å². The maximum absolute atomic E-state index is 3.49. The molecule has 0 aliphatic rings. The van der Waals surface area contributed by atoms with Gasteiger partial charge in [0.1, 0.15) is 0 Å². The first-order chi connectivity index (χ1) is 1.41. The van der Waals surface area contributed by atoms with Crippen LogP contribution < -0.4 is 51.4 Å². The van der Waals surface area contributed by atoms with Gasteiger partial charge in [0.05, 0.1) is 0 Å². The predicted octanol–water partition coefficient (Wildman–Crippen LogP) is -1.31. The third-order valence-corrected chi connectivity index (χ3v) is 0. The van der Waals surface area contributed by atoms with Gasteiger partial charge in [-0.2, -0.15) is 6.42 Å². The first-order valence-electron chi connectivity index (χ1n) is 1.21. The van der Waals surface area contributed by atoms with Gasteiger partial charge in [-0.15, -0.1) is 0 Å². The summed E-state index contributed by atoms with van der Waals surface area (Å²) in [6, 6.07) is 0. The van der Waals surface area contributed by atoms with E-state index >= 15 is 0 Å². The second-order valence-corrected chi connectivity index (χ2v) is 0.500. The van der Waals surface area contributed by atoms with Crippen LogP contribution in [-0.2, 0) is 0 Å². The van der Waals surface area contributed by atoms with E-state index in [1.807, 2.05) is 6.92 Å². The molecule has 0 aromatic heterocycles. The van der Waals surface area contributed by atoms with Gasteiger partial charge in [0.2, 0.25) is 0 Å². The van der Waals surface area contributed by atoms with Crippen LogP contribution in [0.15, 0.2) is 0 Å². The molecule has 0 aromatic rings. The Balaban J connectivity index is -0.00000000333. The van der Waals surface area contributed by atoms with E-state index in [1.165, 1.54) is 0 Å². The molecule has 0 nitrogen and oxygen atoms in total. The number of rotatable bonds is 0. The summed E-state index contributed by atoms with van der Waals surface area (Å²) in [5.41, 5.74) is 0. The summed E-state index contributed by atoms with van der Waals surface area (Å²) in [5.74, 6) is 0. The Bertz CT molecular complexity index is 10.1. The zero-order valence-corrected chi connectivity index (χ0v) is 7.76. The van der Waals surface area contributed by atoms with Crippen LogP contribution in [0.4, 0.5) is 14.1 Å². The zero-order chi connectivity index (χ0) is 2.71. The summed E-state index contributed by atoms with van der Waals surface area (Å²) >= 11 is 0. The van der Waals surface area contributed by atoms with Gasteiger partial charge in [-0.1, -0.05) is 6.92 Å². The Morgan fingerprint density at radius 1 is 1.14 bits per heavy atom. The van der Waals surface area contributed by atoms with E-state index in [-0.39, 0.29) is 65.5 Å². The Labute approximate surface area is 84.6 Å². The first kappa shape index (κ1) is 39.6. The Kier molecular flexibility index (Phi) is 295. The van der Waals surface area contributed by atoms with Crippen LogP contribution in [-0.4, -0.2) is 0 Å². The zero-order valence-electron chi connectivity index (χ0n) is 4.64. The molecule has 0 spiro atoms. The van der Waals surface area contributed by atoms with Crippen molar-refractivity contribution in [1.29, 1.82) is 0 Å². The second kappa shape index (κ2) is 52.1. The van der Waals surface area contributed by atoms with Crippen molar-refractivity contribution in [3.05, 3.63) is 6.92 Å². The van der Waals surface area contributed by atoms with Gasteiger partial charge in [-0.3, -0.25) is 14.1 Å². The van der Waals surface area contributed by atoms with E-state index in [0.717, 1.165) is 6.42 Å². The molecular formula is C3H10F3K. The van der Waals surface area contributed by atoms with Crippen LogP contribution in [0.25, 0.3) is 0 Å². The molecule has 0 N–H and O–H groups in total. The first-order valence-corrected chi connectivity index (χ1v) is 1.21. The van der Waals surface area contributed by atoms with Crippen molar-refractivity contribution in [2.45, 2.75) is 13.3 Å². The summed E-state index contributed by atoms with van der Waals surface area (Å²) < 4.78 is 0. The fourth-order valence-corrected chi connectivity index (χ4v) is 0. The van der Waals surface area contributed by atoms with Crippen molar-refractivity contribution in [3.8, 4) is 0 Å². The molecule has 0 aliphatic carbocycles. The topological polar surface area (TPSA) is 0 Å². The molecule has 0 radical (unpaired) electrons. The van der Waals surface area contributed by atoms with Crippen molar-refractivity contribution in [1.82, 2.24) is 0 Å². The average molecular weight is 142 g/mol. The molecule has 0 aromatic carbocycles. The minimum Gasteiger partial charge on any atom is -0.344 e. The average Bonchev–Trinajstić information content (AvgIpc) is 0.918. The van der Waals surface area contributed by atoms with Crippen molar-refractivity contribution < 1.29 is 65.5 Å². The molecule has 0 aliphatic heterocycles. The maximum atomic E-state index is 3.49. The van der Waals surface area contributed by atoms with Crippen LogP contribution in [0, 0.1) is 6.92 Å². The van der Waals surface area contributed by atoms with E-state index < -0.39 is 0 Å². The molecule has 44 valence electrons. The summed E-state index contributed by atoms with van der Waals surface area (Å²) in [6.45, 7) is 5.50. The standard InChI is InChI=1S/C3H7.3FH.K/c1-3-2;;;;/h1,3H2,2H3;3*1H;/q-1;;;;+1. The van der Waals surface area contributed by atoms with Crippen molar-refractivity contribution in [3.63, 3.8) is 0 Å². The molecule has 0 bridgehead atoms. The normalized spacial score (nSPS) is 2.57. The maximum Gasteiger partial charge on any atom is 1.00 e. The number of hydrogen-bond donors (Lipinski definition) is 0.